The number of ether oxygens (including phenoxy) is 1. The van der Waals surface area contributed by atoms with E-state index in [-0.39, 0.29) is 31.3 Å². The smallest absolute Gasteiger partial charge is 0.266 e. The highest BCUT2D eigenvalue weighted by molar-refractivity contribution is 7.88. The third-order valence-electron chi connectivity index (χ3n) is 4.13. The van der Waals surface area contributed by atoms with Crippen molar-refractivity contribution in [2.45, 2.75) is 12.5 Å². The lowest BCUT2D eigenvalue weighted by molar-refractivity contribution is -0.138. The molecule has 1 atom stereocenters. The van der Waals surface area contributed by atoms with Gasteiger partial charge in [0.15, 0.2) is 6.10 Å². The van der Waals surface area contributed by atoms with Crippen LogP contribution < -0.4 is 10.1 Å². The summed E-state index contributed by atoms with van der Waals surface area (Å²) in [6.07, 6.45) is 0.210. The molecule has 8 nitrogen and oxygen atoms in total. The molecule has 0 aliphatic carbocycles. The van der Waals surface area contributed by atoms with Gasteiger partial charge in [-0.2, -0.15) is 4.31 Å². The summed E-state index contributed by atoms with van der Waals surface area (Å²) in [5, 5.41) is 2.72. The first-order valence-electron chi connectivity index (χ1n) is 7.64. The van der Waals surface area contributed by atoms with E-state index in [2.05, 4.69) is 5.32 Å². The number of carbonyl (C=O) groups excluding carboxylic acids is 2. The van der Waals surface area contributed by atoms with Gasteiger partial charge in [0.05, 0.1) is 18.4 Å². The Hall–Kier alpha value is -2.13. The number of carbonyl (C=O) groups is 2. The lowest BCUT2D eigenvalue weighted by Crippen LogP contribution is -2.51. The van der Waals surface area contributed by atoms with Gasteiger partial charge >= 0.3 is 0 Å². The van der Waals surface area contributed by atoms with Crippen molar-refractivity contribution in [1.82, 2.24) is 9.21 Å². The van der Waals surface area contributed by atoms with Gasteiger partial charge in [-0.3, -0.25) is 9.59 Å². The van der Waals surface area contributed by atoms with Crippen molar-refractivity contribution in [1.29, 1.82) is 0 Å². The first-order chi connectivity index (χ1) is 11.3. The quantitative estimate of drug-likeness (QED) is 0.817. The summed E-state index contributed by atoms with van der Waals surface area (Å²) >= 11 is 0. The molecule has 0 unspecified atom stereocenters. The highest BCUT2D eigenvalue weighted by Gasteiger charge is 2.33. The summed E-state index contributed by atoms with van der Waals surface area (Å²) in [4.78, 5) is 26.0. The number of benzene rings is 1. The summed E-state index contributed by atoms with van der Waals surface area (Å²) in [7, 11) is -3.24. The van der Waals surface area contributed by atoms with E-state index in [0.29, 0.717) is 24.5 Å². The molecular formula is C15H19N3O5S. The van der Waals surface area contributed by atoms with Gasteiger partial charge in [0.1, 0.15) is 5.75 Å². The van der Waals surface area contributed by atoms with Crippen LogP contribution in [0.1, 0.15) is 6.42 Å². The molecule has 24 heavy (non-hydrogen) atoms. The Morgan fingerprint density at radius 1 is 1.25 bits per heavy atom. The number of hydrogen-bond donors (Lipinski definition) is 1. The molecule has 2 heterocycles. The summed E-state index contributed by atoms with van der Waals surface area (Å²) in [5.41, 5.74) is 0.591. The van der Waals surface area contributed by atoms with E-state index in [4.69, 9.17) is 4.74 Å². The van der Waals surface area contributed by atoms with Gasteiger partial charge in [0, 0.05) is 26.2 Å². The van der Waals surface area contributed by atoms with Gasteiger partial charge in [-0.15, -0.1) is 0 Å². The van der Waals surface area contributed by atoms with Crippen molar-refractivity contribution in [3.8, 4) is 5.75 Å². The number of nitrogens with one attached hydrogen (secondary N) is 1. The number of nitrogens with zero attached hydrogens (tertiary/aromatic N) is 2. The van der Waals surface area contributed by atoms with Gasteiger partial charge in [0.25, 0.3) is 5.91 Å². The Balaban J connectivity index is 1.59. The Labute approximate surface area is 140 Å². The minimum Gasteiger partial charge on any atom is -0.478 e. The third kappa shape index (κ3) is 3.51. The van der Waals surface area contributed by atoms with E-state index in [0.717, 1.165) is 6.26 Å². The molecule has 3 rings (SSSR count). The number of para-hydroxylation sites is 2. The topological polar surface area (TPSA) is 96.0 Å². The maximum absolute atomic E-state index is 12.4. The van der Waals surface area contributed by atoms with Crippen LogP contribution in [-0.2, 0) is 19.6 Å². The van der Waals surface area contributed by atoms with Crippen molar-refractivity contribution >= 4 is 27.5 Å². The van der Waals surface area contributed by atoms with Crippen LogP contribution >= 0.6 is 0 Å². The minimum absolute atomic E-state index is 0.0704. The Kier molecular flexibility index (Phi) is 4.46. The predicted octanol–water partition coefficient (Wildman–Crippen LogP) is -0.120. The van der Waals surface area contributed by atoms with E-state index in [1.807, 2.05) is 0 Å². The van der Waals surface area contributed by atoms with Crippen molar-refractivity contribution in [3.63, 3.8) is 0 Å². The van der Waals surface area contributed by atoms with E-state index >= 15 is 0 Å². The lowest BCUT2D eigenvalue weighted by Gasteiger charge is -2.34. The fourth-order valence-electron chi connectivity index (χ4n) is 2.78. The van der Waals surface area contributed by atoms with Crippen molar-refractivity contribution in [2.24, 2.45) is 0 Å². The molecule has 0 bridgehead atoms. The minimum atomic E-state index is -3.24. The molecule has 0 saturated carbocycles. The Morgan fingerprint density at radius 3 is 2.58 bits per heavy atom. The SMILES string of the molecule is CS(=O)(=O)N1CCN(C(=O)C[C@H]2Oc3ccccc3NC2=O)CC1. The molecule has 1 N–H and O–H groups in total. The second-order valence-electron chi connectivity index (χ2n) is 5.84. The largest absolute Gasteiger partial charge is 0.478 e. The van der Waals surface area contributed by atoms with Gasteiger partial charge in [0.2, 0.25) is 15.9 Å². The summed E-state index contributed by atoms with van der Waals surface area (Å²) < 4.78 is 29.9. The standard InChI is InChI=1S/C15H19N3O5S/c1-24(21,22)18-8-6-17(7-9-18)14(19)10-13-15(20)16-11-4-2-3-5-12(11)23-13/h2-5,13H,6-10H2,1H3,(H,16,20)/t13-/m1/s1. The summed E-state index contributed by atoms with van der Waals surface area (Å²) in [5.74, 6) is -0.0312. The van der Waals surface area contributed by atoms with Crippen LogP contribution in [0, 0.1) is 0 Å². The first kappa shape index (κ1) is 16.7. The van der Waals surface area contributed by atoms with E-state index < -0.39 is 16.1 Å². The molecule has 1 aromatic carbocycles. The number of anilines is 1. The zero-order chi connectivity index (χ0) is 17.3. The van der Waals surface area contributed by atoms with Crippen molar-refractivity contribution in [2.75, 3.05) is 37.8 Å². The monoisotopic (exact) mass is 353 g/mol. The van der Waals surface area contributed by atoms with E-state index in [1.54, 1.807) is 29.2 Å². The highest BCUT2D eigenvalue weighted by Crippen LogP contribution is 2.29. The van der Waals surface area contributed by atoms with E-state index in [1.165, 1.54) is 4.31 Å². The number of hydrogen-bond acceptors (Lipinski definition) is 5. The third-order valence-corrected chi connectivity index (χ3v) is 5.43. The Bertz CT molecular complexity index is 756. The number of piperazine rings is 1. The molecule has 0 spiro atoms. The normalized spacial score (nSPS) is 21.6. The molecule has 130 valence electrons. The molecule has 2 amide bonds. The first-order valence-corrected chi connectivity index (χ1v) is 9.49. The van der Waals surface area contributed by atoms with Crippen LogP contribution in [0.4, 0.5) is 5.69 Å². The molecule has 2 aliphatic rings. The maximum atomic E-state index is 12.4. The fourth-order valence-corrected chi connectivity index (χ4v) is 3.61. The molecule has 2 aliphatic heterocycles. The second kappa shape index (κ2) is 6.40. The fraction of sp³-hybridized carbons (Fsp3) is 0.467. The van der Waals surface area contributed by atoms with Crippen LogP contribution in [-0.4, -0.2) is 68.0 Å². The average Bonchev–Trinajstić information content (AvgIpc) is 2.55. The highest BCUT2D eigenvalue weighted by atomic mass is 32.2. The molecular weight excluding hydrogens is 334 g/mol. The molecule has 9 heteroatoms. The van der Waals surface area contributed by atoms with Crippen molar-refractivity contribution in [3.05, 3.63) is 24.3 Å². The van der Waals surface area contributed by atoms with Crippen LogP contribution in [0.5, 0.6) is 5.75 Å². The Morgan fingerprint density at radius 2 is 1.92 bits per heavy atom. The maximum Gasteiger partial charge on any atom is 0.266 e. The molecule has 1 fully saturated rings. The molecule has 1 aromatic rings. The van der Waals surface area contributed by atoms with Crippen LogP contribution in [0.15, 0.2) is 24.3 Å². The van der Waals surface area contributed by atoms with Crippen LogP contribution in [0.2, 0.25) is 0 Å². The van der Waals surface area contributed by atoms with E-state index in [9.17, 15) is 18.0 Å². The summed E-state index contributed by atoms with van der Waals surface area (Å²) in [6.45, 7) is 1.17. The van der Waals surface area contributed by atoms with Crippen LogP contribution in [0.25, 0.3) is 0 Å². The number of rotatable bonds is 3. The van der Waals surface area contributed by atoms with Gasteiger partial charge in [-0.25, -0.2) is 8.42 Å². The van der Waals surface area contributed by atoms with Gasteiger partial charge in [-0.1, -0.05) is 12.1 Å². The number of fused-ring (bicyclic) bond motifs is 1. The number of sulfonamides is 1. The molecule has 1 saturated heterocycles. The zero-order valence-electron chi connectivity index (χ0n) is 13.3. The second-order valence-corrected chi connectivity index (χ2v) is 7.82. The molecule has 0 aromatic heterocycles. The number of amides is 2. The molecule has 0 radical (unpaired) electrons. The van der Waals surface area contributed by atoms with Crippen molar-refractivity contribution < 1.29 is 22.7 Å². The average molecular weight is 353 g/mol. The lowest BCUT2D eigenvalue weighted by atomic mass is 10.1. The van der Waals surface area contributed by atoms with Gasteiger partial charge in [-0.05, 0) is 12.1 Å². The van der Waals surface area contributed by atoms with Crippen LogP contribution in [0.3, 0.4) is 0 Å². The zero-order valence-corrected chi connectivity index (χ0v) is 14.1. The van der Waals surface area contributed by atoms with Gasteiger partial charge < -0.3 is 15.0 Å². The predicted molar refractivity (Wildman–Crippen MR) is 87.1 cm³/mol. The summed E-state index contributed by atoms with van der Waals surface area (Å²) in [6, 6.07) is 7.04.